The maximum Gasteiger partial charge on any atom is 0.257 e. The van der Waals surface area contributed by atoms with Crippen molar-refractivity contribution in [1.29, 1.82) is 0 Å². The van der Waals surface area contributed by atoms with Gasteiger partial charge in [-0.15, -0.1) is 0 Å². The van der Waals surface area contributed by atoms with E-state index in [1.165, 1.54) is 38.0 Å². The van der Waals surface area contributed by atoms with E-state index >= 15 is 0 Å². The summed E-state index contributed by atoms with van der Waals surface area (Å²) in [4.78, 5) is 8.85. The Kier molecular flexibility index (Phi) is 5.64. The summed E-state index contributed by atoms with van der Waals surface area (Å²) >= 11 is 1.32. The second-order valence-corrected chi connectivity index (χ2v) is 8.97. The molecule has 8 nitrogen and oxygen atoms in total. The molecule has 0 aliphatic heterocycles. The van der Waals surface area contributed by atoms with Gasteiger partial charge in [0.15, 0.2) is 11.4 Å². The van der Waals surface area contributed by atoms with Crippen LogP contribution < -0.4 is 0 Å². The lowest BCUT2D eigenvalue weighted by Gasteiger charge is -2.10. The first-order valence-electron chi connectivity index (χ1n) is 8.17. The summed E-state index contributed by atoms with van der Waals surface area (Å²) in [5.41, 5.74) is 1.02. The molecule has 1 aromatic carbocycles. The smallest absolute Gasteiger partial charge is 0.257 e. The Morgan fingerprint density at radius 3 is 2.77 bits per heavy atom. The lowest BCUT2D eigenvalue weighted by molar-refractivity contribution is 0.383. The highest BCUT2D eigenvalue weighted by atomic mass is 32.2. The van der Waals surface area contributed by atoms with Gasteiger partial charge in [0.25, 0.3) is 5.22 Å². The maximum atomic E-state index is 12.2. The monoisotopic (exact) mass is 396 g/mol. The minimum absolute atomic E-state index is 0.178. The zero-order valence-corrected chi connectivity index (χ0v) is 16.4. The van der Waals surface area contributed by atoms with E-state index in [-0.39, 0.29) is 4.90 Å². The molecule has 0 aliphatic carbocycles. The lowest BCUT2D eigenvalue weighted by atomic mass is 10.2. The minimum atomic E-state index is -3.51. The average Bonchev–Trinajstić information content (AvgIpc) is 3.23. The number of thioether (sulfide) groups is 1. The minimum Gasteiger partial charge on any atom is -0.431 e. The molecular formula is C16H20N4O4S2. The fourth-order valence-corrected chi connectivity index (χ4v) is 3.83. The number of benzene rings is 1. The summed E-state index contributed by atoms with van der Waals surface area (Å²) in [7, 11) is -0.530. The van der Waals surface area contributed by atoms with Crippen molar-refractivity contribution >= 4 is 32.9 Å². The lowest BCUT2D eigenvalue weighted by Crippen LogP contribution is -2.22. The summed E-state index contributed by atoms with van der Waals surface area (Å²) in [6, 6.07) is 4.63. The molecule has 140 valence electrons. The van der Waals surface area contributed by atoms with Crippen molar-refractivity contribution < 1.29 is 17.4 Å². The van der Waals surface area contributed by atoms with Gasteiger partial charge in [-0.05, 0) is 24.6 Å². The van der Waals surface area contributed by atoms with E-state index < -0.39 is 10.0 Å². The quantitative estimate of drug-likeness (QED) is 0.535. The molecule has 0 saturated carbocycles. The van der Waals surface area contributed by atoms with Crippen molar-refractivity contribution in [2.75, 3.05) is 14.1 Å². The maximum absolute atomic E-state index is 12.2. The topological polar surface area (TPSA) is 102 Å². The summed E-state index contributed by atoms with van der Waals surface area (Å²) in [6.45, 7) is 2.11. The van der Waals surface area contributed by atoms with Crippen LogP contribution in [0.3, 0.4) is 0 Å². The first-order chi connectivity index (χ1) is 12.4. The molecule has 3 aromatic rings. The molecular weight excluding hydrogens is 376 g/mol. The molecule has 2 heterocycles. The third kappa shape index (κ3) is 4.08. The SMILES string of the molecule is CCCCc1noc(CSc2nc3cc(S(=O)(=O)N(C)C)ccc3o2)n1. The largest absolute Gasteiger partial charge is 0.431 e. The number of hydrogen-bond acceptors (Lipinski definition) is 8. The van der Waals surface area contributed by atoms with Gasteiger partial charge in [0.05, 0.1) is 10.6 Å². The fraction of sp³-hybridized carbons (Fsp3) is 0.438. The Morgan fingerprint density at radius 2 is 2.04 bits per heavy atom. The van der Waals surface area contributed by atoms with Crippen molar-refractivity contribution in [3.8, 4) is 0 Å². The van der Waals surface area contributed by atoms with Crippen LogP contribution in [-0.2, 0) is 22.2 Å². The van der Waals surface area contributed by atoms with E-state index in [4.69, 9.17) is 8.94 Å². The molecule has 0 spiro atoms. The van der Waals surface area contributed by atoms with E-state index in [0.717, 1.165) is 23.6 Å². The molecule has 10 heteroatoms. The van der Waals surface area contributed by atoms with Crippen LogP contribution in [0.25, 0.3) is 11.1 Å². The summed E-state index contributed by atoms with van der Waals surface area (Å²) in [6.07, 6.45) is 2.90. The van der Waals surface area contributed by atoms with E-state index in [1.54, 1.807) is 6.07 Å². The highest BCUT2D eigenvalue weighted by molar-refractivity contribution is 7.98. The standard InChI is InChI=1S/C16H20N4O4S2/c1-4-5-6-14-18-15(24-19-14)10-25-16-17-12-9-11(7-8-13(12)23-16)26(21,22)20(2)3/h7-9H,4-6,10H2,1-3H3. The number of nitrogens with zero attached hydrogens (tertiary/aromatic N) is 4. The zero-order chi connectivity index (χ0) is 18.7. The molecule has 0 amide bonds. The molecule has 2 aromatic heterocycles. The molecule has 0 saturated heterocycles. The number of aromatic nitrogens is 3. The Morgan fingerprint density at radius 1 is 1.23 bits per heavy atom. The number of sulfonamides is 1. The highest BCUT2D eigenvalue weighted by Gasteiger charge is 2.19. The van der Waals surface area contributed by atoms with Gasteiger partial charge in [0, 0.05) is 20.5 Å². The average molecular weight is 396 g/mol. The van der Waals surface area contributed by atoms with Gasteiger partial charge in [-0.25, -0.2) is 17.7 Å². The van der Waals surface area contributed by atoms with Gasteiger partial charge >= 0.3 is 0 Å². The van der Waals surface area contributed by atoms with Crippen LogP contribution in [-0.4, -0.2) is 41.9 Å². The van der Waals surface area contributed by atoms with E-state index in [0.29, 0.717) is 33.8 Å². The van der Waals surface area contributed by atoms with Crippen molar-refractivity contribution in [2.45, 2.75) is 42.1 Å². The molecule has 0 radical (unpaired) electrons. The number of rotatable bonds is 8. The zero-order valence-electron chi connectivity index (χ0n) is 14.8. The van der Waals surface area contributed by atoms with Crippen LogP contribution >= 0.6 is 11.8 Å². The molecule has 3 rings (SSSR count). The van der Waals surface area contributed by atoms with Crippen LogP contribution in [0.4, 0.5) is 0 Å². The van der Waals surface area contributed by atoms with Crippen molar-refractivity contribution in [2.24, 2.45) is 0 Å². The summed E-state index contributed by atoms with van der Waals surface area (Å²) in [5, 5.41) is 4.37. The molecule has 0 fully saturated rings. The fourth-order valence-electron chi connectivity index (χ4n) is 2.23. The van der Waals surface area contributed by atoms with Crippen molar-refractivity contribution in [1.82, 2.24) is 19.4 Å². The second-order valence-electron chi connectivity index (χ2n) is 5.89. The van der Waals surface area contributed by atoms with Gasteiger partial charge in [-0.3, -0.25) is 0 Å². The number of oxazole rings is 1. The second kappa shape index (κ2) is 7.77. The van der Waals surface area contributed by atoms with Gasteiger partial charge < -0.3 is 8.94 Å². The number of unbranched alkanes of at least 4 members (excludes halogenated alkanes) is 1. The predicted molar refractivity (Wildman–Crippen MR) is 97.4 cm³/mol. The van der Waals surface area contributed by atoms with Gasteiger partial charge in [0.2, 0.25) is 15.9 Å². The normalized spacial score (nSPS) is 12.3. The van der Waals surface area contributed by atoms with Crippen molar-refractivity contribution in [3.63, 3.8) is 0 Å². The Balaban J connectivity index is 1.72. The van der Waals surface area contributed by atoms with E-state index in [9.17, 15) is 8.42 Å². The van der Waals surface area contributed by atoms with Gasteiger partial charge in [0.1, 0.15) is 5.52 Å². The third-order valence-corrected chi connectivity index (χ3v) is 6.33. The molecule has 0 N–H and O–H groups in total. The Bertz CT molecular complexity index is 995. The van der Waals surface area contributed by atoms with Crippen molar-refractivity contribution in [3.05, 3.63) is 29.9 Å². The summed E-state index contributed by atoms with van der Waals surface area (Å²) in [5.74, 6) is 1.66. The first-order valence-corrected chi connectivity index (χ1v) is 10.6. The molecule has 0 aliphatic rings. The first kappa shape index (κ1) is 18.9. The van der Waals surface area contributed by atoms with E-state index in [1.807, 2.05) is 0 Å². The van der Waals surface area contributed by atoms with Crippen LogP contribution in [0, 0.1) is 0 Å². The van der Waals surface area contributed by atoms with Crippen LogP contribution in [0.5, 0.6) is 0 Å². The van der Waals surface area contributed by atoms with Gasteiger partial charge in [-0.1, -0.05) is 30.3 Å². The van der Waals surface area contributed by atoms with Crippen LogP contribution in [0.1, 0.15) is 31.5 Å². The van der Waals surface area contributed by atoms with Crippen LogP contribution in [0.15, 0.2) is 37.3 Å². The predicted octanol–water partition coefficient (Wildman–Crippen LogP) is 3.10. The number of hydrogen-bond donors (Lipinski definition) is 0. The van der Waals surface area contributed by atoms with Crippen LogP contribution in [0.2, 0.25) is 0 Å². The summed E-state index contributed by atoms with van der Waals surface area (Å²) < 4.78 is 36.4. The number of fused-ring (bicyclic) bond motifs is 1. The van der Waals surface area contributed by atoms with Gasteiger partial charge in [-0.2, -0.15) is 4.98 Å². The molecule has 0 unspecified atom stereocenters. The third-order valence-electron chi connectivity index (χ3n) is 3.70. The molecule has 0 bridgehead atoms. The highest BCUT2D eigenvalue weighted by Crippen LogP contribution is 2.28. The Labute approximate surface area is 156 Å². The van der Waals surface area contributed by atoms with E-state index in [2.05, 4.69) is 22.0 Å². The number of aryl methyl sites for hydroxylation is 1. The molecule has 0 atom stereocenters. The Hall–Kier alpha value is -1.91. The molecule has 26 heavy (non-hydrogen) atoms.